The van der Waals surface area contributed by atoms with E-state index in [1.165, 1.54) is 17.0 Å². The summed E-state index contributed by atoms with van der Waals surface area (Å²) in [5.41, 5.74) is 0.510. The first-order valence-electron chi connectivity index (χ1n) is 15.8. The van der Waals surface area contributed by atoms with E-state index in [0.717, 1.165) is 45.2 Å². The monoisotopic (exact) mass is 611 g/mol. The molecule has 2 aliphatic rings. The highest BCUT2D eigenvalue weighted by molar-refractivity contribution is 6.00. The molecule has 1 aliphatic carbocycles. The molecular formula is C32H46FN7O4. The van der Waals surface area contributed by atoms with Gasteiger partial charge < -0.3 is 20.4 Å². The van der Waals surface area contributed by atoms with Gasteiger partial charge in [-0.25, -0.2) is 9.07 Å². The minimum atomic E-state index is -0.856. The third kappa shape index (κ3) is 7.64. The van der Waals surface area contributed by atoms with Crippen molar-refractivity contribution in [3.63, 3.8) is 0 Å². The molecule has 44 heavy (non-hydrogen) atoms. The number of carbonyl (C=O) groups excluding carboxylic acids is 4. The quantitative estimate of drug-likeness (QED) is 0.355. The maximum atomic E-state index is 15.6. The standard InChI is InChI=1S/C32H46FN7O4/c1-5-27(42)36-29(32(44)38-18-16-37(4)17-19-38)22(3)24-12-13-26(25(33)20-24)35-31(43)30(23-10-8-7-9-11-23)39(21-41)28-14-15-34-40(28)6-2/h12-15,20-23,29-30H,5-11,16-19H2,1-4H3,(H,35,43)(H,36,42)/t22-,29+,30-/m0/s1. The van der Waals surface area contributed by atoms with E-state index < -0.39 is 29.7 Å². The van der Waals surface area contributed by atoms with Gasteiger partial charge in [0.15, 0.2) is 0 Å². The van der Waals surface area contributed by atoms with Gasteiger partial charge in [-0.1, -0.05) is 39.2 Å². The number of aromatic nitrogens is 2. The first-order chi connectivity index (χ1) is 21.2. The summed E-state index contributed by atoms with van der Waals surface area (Å²) in [5.74, 6) is -1.66. The van der Waals surface area contributed by atoms with Crippen molar-refractivity contribution in [2.45, 2.75) is 83.8 Å². The highest BCUT2D eigenvalue weighted by Crippen LogP contribution is 2.32. The molecule has 0 radical (unpaired) electrons. The largest absolute Gasteiger partial charge is 0.344 e. The van der Waals surface area contributed by atoms with Crippen molar-refractivity contribution >= 4 is 35.6 Å². The second-order valence-electron chi connectivity index (χ2n) is 11.9. The summed E-state index contributed by atoms with van der Waals surface area (Å²) in [4.78, 5) is 57.5. The molecule has 1 aromatic heterocycles. The molecule has 2 heterocycles. The van der Waals surface area contributed by atoms with Crippen LogP contribution < -0.4 is 15.5 Å². The van der Waals surface area contributed by atoms with Gasteiger partial charge >= 0.3 is 0 Å². The second-order valence-corrected chi connectivity index (χ2v) is 11.9. The van der Waals surface area contributed by atoms with E-state index in [-0.39, 0.29) is 29.8 Å². The number of nitrogens with zero attached hydrogens (tertiary/aromatic N) is 5. The number of rotatable bonds is 12. The molecular weight excluding hydrogens is 565 g/mol. The van der Waals surface area contributed by atoms with E-state index in [1.54, 1.807) is 41.8 Å². The third-order valence-corrected chi connectivity index (χ3v) is 9.03. The average Bonchev–Trinajstić information content (AvgIpc) is 3.52. The number of benzene rings is 1. The Hall–Kier alpha value is -3.80. The van der Waals surface area contributed by atoms with E-state index in [0.29, 0.717) is 37.4 Å². The highest BCUT2D eigenvalue weighted by Gasteiger charge is 2.37. The van der Waals surface area contributed by atoms with Crippen LogP contribution in [0.25, 0.3) is 0 Å². The Morgan fingerprint density at radius 2 is 1.80 bits per heavy atom. The molecule has 1 saturated carbocycles. The Kier molecular flexibility index (Phi) is 11.5. The zero-order valence-corrected chi connectivity index (χ0v) is 26.3. The third-order valence-electron chi connectivity index (χ3n) is 9.03. The molecule has 12 heteroatoms. The summed E-state index contributed by atoms with van der Waals surface area (Å²) in [7, 11) is 2.00. The van der Waals surface area contributed by atoms with Crippen LogP contribution in [-0.2, 0) is 25.7 Å². The molecule has 3 atom stereocenters. The van der Waals surface area contributed by atoms with Crippen molar-refractivity contribution < 1.29 is 23.6 Å². The van der Waals surface area contributed by atoms with E-state index in [2.05, 4.69) is 20.6 Å². The first-order valence-corrected chi connectivity index (χ1v) is 15.8. The van der Waals surface area contributed by atoms with Crippen molar-refractivity contribution in [1.82, 2.24) is 24.9 Å². The average molecular weight is 612 g/mol. The lowest BCUT2D eigenvalue weighted by atomic mass is 9.82. The maximum absolute atomic E-state index is 15.6. The molecule has 4 rings (SSSR count). The number of anilines is 2. The van der Waals surface area contributed by atoms with Crippen molar-refractivity contribution in [2.75, 3.05) is 43.4 Å². The van der Waals surface area contributed by atoms with Crippen molar-refractivity contribution in [2.24, 2.45) is 5.92 Å². The van der Waals surface area contributed by atoms with Gasteiger partial charge in [0.1, 0.15) is 23.7 Å². The summed E-state index contributed by atoms with van der Waals surface area (Å²) >= 11 is 0. The predicted molar refractivity (Wildman–Crippen MR) is 167 cm³/mol. The smallest absolute Gasteiger partial charge is 0.247 e. The minimum Gasteiger partial charge on any atom is -0.344 e. The highest BCUT2D eigenvalue weighted by atomic mass is 19.1. The van der Waals surface area contributed by atoms with E-state index in [9.17, 15) is 19.2 Å². The molecule has 4 amide bonds. The van der Waals surface area contributed by atoms with Gasteiger partial charge in [-0.3, -0.25) is 24.1 Å². The molecule has 1 saturated heterocycles. The molecule has 2 aromatic rings. The van der Waals surface area contributed by atoms with Gasteiger partial charge in [-0.15, -0.1) is 0 Å². The van der Waals surface area contributed by atoms with Gasteiger partial charge in [0.2, 0.25) is 24.1 Å². The number of aryl methyl sites for hydroxylation is 1. The van der Waals surface area contributed by atoms with Gasteiger partial charge in [0.05, 0.1) is 11.9 Å². The molecule has 1 aromatic carbocycles. The van der Waals surface area contributed by atoms with Gasteiger partial charge in [-0.05, 0) is 50.4 Å². The van der Waals surface area contributed by atoms with Gasteiger partial charge in [0, 0.05) is 51.1 Å². The molecule has 2 fully saturated rings. The Balaban J connectivity index is 1.56. The molecule has 11 nitrogen and oxygen atoms in total. The van der Waals surface area contributed by atoms with Crippen LogP contribution in [0.2, 0.25) is 0 Å². The fraction of sp³-hybridized carbons (Fsp3) is 0.594. The summed E-state index contributed by atoms with van der Waals surface area (Å²) < 4.78 is 17.3. The van der Waals surface area contributed by atoms with E-state index in [4.69, 9.17) is 0 Å². The maximum Gasteiger partial charge on any atom is 0.247 e. The fourth-order valence-electron chi connectivity index (χ4n) is 6.28. The number of hydrogen-bond donors (Lipinski definition) is 2. The number of carbonyl (C=O) groups is 4. The summed E-state index contributed by atoms with van der Waals surface area (Å²) in [6.45, 7) is 8.53. The number of piperazine rings is 1. The lowest BCUT2D eigenvalue weighted by Crippen LogP contribution is -2.55. The van der Waals surface area contributed by atoms with Crippen LogP contribution in [0.3, 0.4) is 0 Å². The van der Waals surface area contributed by atoms with E-state index >= 15 is 4.39 Å². The number of amides is 4. The molecule has 0 spiro atoms. The first kappa shape index (κ1) is 33.1. The summed E-state index contributed by atoms with van der Waals surface area (Å²) in [5, 5.41) is 9.86. The van der Waals surface area contributed by atoms with Crippen LogP contribution in [0.1, 0.15) is 70.8 Å². The molecule has 0 bridgehead atoms. The zero-order valence-electron chi connectivity index (χ0n) is 26.3. The zero-order chi connectivity index (χ0) is 31.8. The number of hydrogen-bond acceptors (Lipinski definition) is 6. The van der Waals surface area contributed by atoms with Crippen molar-refractivity contribution in [1.29, 1.82) is 0 Å². The van der Waals surface area contributed by atoms with Crippen LogP contribution in [0.5, 0.6) is 0 Å². The fourth-order valence-corrected chi connectivity index (χ4v) is 6.28. The topological polar surface area (TPSA) is 120 Å². The summed E-state index contributed by atoms with van der Waals surface area (Å²) in [6.07, 6.45) is 7.03. The second kappa shape index (κ2) is 15.3. The van der Waals surface area contributed by atoms with Crippen LogP contribution in [0.15, 0.2) is 30.5 Å². The van der Waals surface area contributed by atoms with Gasteiger partial charge in [0.25, 0.3) is 0 Å². The van der Waals surface area contributed by atoms with E-state index in [1.807, 2.05) is 14.0 Å². The van der Waals surface area contributed by atoms with Crippen LogP contribution in [0, 0.1) is 11.7 Å². The van der Waals surface area contributed by atoms with Crippen molar-refractivity contribution in [3.8, 4) is 0 Å². The molecule has 240 valence electrons. The lowest BCUT2D eigenvalue weighted by Gasteiger charge is -2.36. The Morgan fingerprint density at radius 3 is 2.41 bits per heavy atom. The Labute approximate surface area is 259 Å². The van der Waals surface area contributed by atoms with Crippen LogP contribution in [-0.4, -0.2) is 89.0 Å². The lowest BCUT2D eigenvalue weighted by molar-refractivity contribution is -0.138. The number of likely N-dealkylation sites (N-methyl/N-ethyl adjacent to an activating group) is 1. The van der Waals surface area contributed by atoms with Crippen LogP contribution >= 0.6 is 0 Å². The van der Waals surface area contributed by atoms with Gasteiger partial charge in [-0.2, -0.15) is 5.10 Å². The molecule has 0 unspecified atom stereocenters. The molecule has 2 N–H and O–H groups in total. The SMILES string of the molecule is CCC(=O)N[C@@H](C(=O)N1CCN(C)CC1)[C@@H](C)c1ccc(NC(=O)[C@H](C2CCCCC2)N(C=O)c2ccnn2CC)c(F)c1. The Bertz CT molecular complexity index is 1300. The summed E-state index contributed by atoms with van der Waals surface area (Å²) in [6, 6.07) is 4.48. The van der Waals surface area contributed by atoms with Crippen LogP contribution in [0.4, 0.5) is 15.9 Å². The number of halogens is 1. The Morgan fingerprint density at radius 1 is 1.09 bits per heavy atom. The normalized spacial score (nSPS) is 18.2. The minimum absolute atomic E-state index is 0.0128. The predicted octanol–water partition coefficient (Wildman–Crippen LogP) is 3.36. The molecule has 1 aliphatic heterocycles. The number of nitrogens with one attached hydrogen (secondary N) is 2. The van der Waals surface area contributed by atoms with Crippen molar-refractivity contribution in [3.05, 3.63) is 41.8 Å².